The first kappa shape index (κ1) is 21.2. The zero-order valence-corrected chi connectivity index (χ0v) is 17.0. The minimum absolute atomic E-state index is 0.120. The van der Waals surface area contributed by atoms with Gasteiger partial charge in [-0.1, -0.05) is 6.07 Å². The average Bonchev–Trinajstić information content (AvgIpc) is 2.72. The van der Waals surface area contributed by atoms with Crippen LogP contribution < -0.4 is 18.9 Å². The van der Waals surface area contributed by atoms with Crippen LogP contribution in [-0.2, 0) is 11.3 Å². The Morgan fingerprint density at radius 1 is 0.964 bits per heavy atom. The second kappa shape index (κ2) is 10.3. The normalized spacial score (nSPS) is 10.6. The summed E-state index contributed by atoms with van der Waals surface area (Å²) >= 11 is 0. The number of rotatable bonds is 9. The summed E-state index contributed by atoms with van der Waals surface area (Å²) in [6.45, 7) is 2.89. The third-order valence-electron chi connectivity index (χ3n) is 4.18. The van der Waals surface area contributed by atoms with Crippen molar-refractivity contribution < 1.29 is 23.7 Å². The Bertz CT molecular complexity index is 832. The molecule has 0 aliphatic heterocycles. The maximum Gasteiger partial charge on any atom is 0.246 e. The van der Waals surface area contributed by atoms with Gasteiger partial charge in [0.2, 0.25) is 5.91 Å². The van der Waals surface area contributed by atoms with Crippen LogP contribution in [-0.4, -0.2) is 45.8 Å². The highest BCUT2D eigenvalue weighted by atomic mass is 16.5. The van der Waals surface area contributed by atoms with Gasteiger partial charge in [-0.2, -0.15) is 0 Å². The van der Waals surface area contributed by atoms with E-state index in [1.165, 1.54) is 6.08 Å². The van der Waals surface area contributed by atoms with Gasteiger partial charge in [0.15, 0.2) is 11.5 Å². The lowest BCUT2D eigenvalue weighted by atomic mass is 10.1. The zero-order chi connectivity index (χ0) is 20.5. The van der Waals surface area contributed by atoms with Crippen LogP contribution in [0.3, 0.4) is 0 Å². The first-order valence-corrected chi connectivity index (χ1v) is 8.97. The summed E-state index contributed by atoms with van der Waals surface area (Å²) in [6.07, 6.45) is 3.29. The maximum atomic E-state index is 12.5. The molecule has 150 valence electrons. The minimum Gasteiger partial charge on any atom is -0.497 e. The molecule has 2 rings (SSSR count). The number of carbonyl (C=O) groups is 1. The van der Waals surface area contributed by atoms with Gasteiger partial charge in [0.05, 0.1) is 27.9 Å². The number of amides is 1. The second-order valence-corrected chi connectivity index (χ2v) is 6.05. The highest BCUT2D eigenvalue weighted by Gasteiger charge is 2.11. The molecule has 2 aromatic rings. The molecule has 0 spiro atoms. The molecule has 0 radical (unpaired) electrons. The molecule has 2 aromatic carbocycles. The van der Waals surface area contributed by atoms with Crippen molar-refractivity contribution in [2.75, 3.05) is 35.0 Å². The van der Waals surface area contributed by atoms with E-state index in [0.717, 1.165) is 11.1 Å². The number of ether oxygens (including phenoxy) is 4. The lowest BCUT2D eigenvalue weighted by molar-refractivity contribution is -0.125. The molecular weight excluding hydrogens is 358 g/mol. The molecule has 0 atom stereocenters. The molecule has 28 heavy (non-hydrogen) atoms. The van der Waals surface area contributed by atoms with Crippen LogP contribution >= 0.6 is 0 Å². The smallest absolute Gasteiger partial charge is 0.246 e. The highest BCUT2D eigenvalue weighted by Crippen LogP contribution is 2.29. The van der Waals surface area contributed by atoms with Crippen molar-refractivity contribution in [3.05, 3.63) is 53.6 Å². The predicted octanol–water partition coefficient (Wildman–Crippen LogP) is 3.78. The molecule has 0 unspecified atom stereocenters. The Balaban J connectivity index is 2.08. The van der Waals surface area contributed by atoms with Crippen LogP contribution in [0, 0.1) is 0 Å². The van der Waals surface area contributed by atoms with Crippen molar-refractivity contribution in [1.82, 2.24) is 4.90 Å². The monoisotopic (exact) mass is 385 g/mol. The summed E-state index contributed by atoms with van der Waals surface area (Å²) in [4.78, 5) is 14.1. The number of methoxy groups -OCH3 is 3. The van der Waals surface area contributed by atoms with Gasteiger partial charge in [-0.25, -0.2) is 0 Å². The molecule has 0 bridgehead atoms. The number of benzene rings is 2. The molecule has 0 heterocycles. The summed E-state index contributed by atoms with van der Waals surface area (Å²) in [5, 5.41) is 0. The van der Waals surface area contributed by atoms with E-state index in [4.69, 9.17) is 18.9 Å². The summed E-state index contributed by atoms with van der Waals surface area (Å²) < 4.78 is 21.4. The van der Waals surface area contributed by atoms with Crippen molar-refractivity contribution >= 4 is 12.0 Å². The summed E-state index contributed by atoms with van der Waals surface area (Å²) in [7, 11) is 6.53. The number of hydrogen-bond acceptors (Lipinski definition) is 5. The predicted molar refractivity (Wildman–Crippen MR) is 109 cm³/mol. The summed E-state index contributed by atoms with van der Waals surface area (Å²) in [5.74, 6) is 2.58. The van der Waals surface area contributed by atoms with Crippen LogP contribution in [0.1, 0.15) is 18.1 Å². The quantitative estimate of drug-likeness (QED) is 0.615. The first-order chi connectivity index (χ1) is 13.5. The molecule has 0 fully saturated rings. The Labute approximate surface area is 166 Å². The van der Waals surface area contributed by atoms with Crippen LogP contribution in [0.2, 0.25) is 0 Å². The van der Waals surface area contributed by atoms with Crippen molar-refractivity contribution in [1.29, 1.82) is 0 Å². The van der Waals surface area contributed by atoms with Gasteiger partial charge in [-0.3, -0.25) is 4.79 Å². The molecule has 6 heteroatoms. The van der Waals surface area contributed by atoms with Crippen molar-refractivity contribution in [3.8, 4) is 23.0 Å². The molecule has 0 saturated heterocycles. The standard InChI is InChI=1S/C22H27NO5/c1-6-28-19-11-7-16(13-21(19)27-5)8-12-22(24)23(2)15-17-9-10-18(25-3)14-20(17)26-4/h7-14H,6,15H2,1-5H3. The molecule has 0 N–H and O–H groups in total. The van der Waals surface area contributed by atoms with E-state index in [1.807, 2.05) is 37.3 Å². The van der Waals surface area contributed by atoms with Gasteiger partial charge in [-0.15, -0.1) is 0 Å². The molecule has 0 aromatic heterocycles. The zero-order valence-electron chi connectivity index (χ0n) is 17.0. The molecule has 0 aliphatic rings. The molecular formula is C22H27NO5. The molecule has 0 saturated carbocycles. The third kappa shape index (κ3) is 5.42. The Morgan fingerprint density at radius 3 is 2.36 bits per heavy atom. The van der Waals surface area contributed by atoms with Gasteiger partial charge in [0.25, 0.3) is 0 Å². The van der Waals surface area contributed by atoms with Crippen molar-refractivity contribution in [2.24, 2.45) is 0 Å². The maximum absolute atomic E-state index is 12.5. The number of hydrogen-bond donors (Lipinski definition) is 0. The third-order valence-corrected chi connectivity index (χ3v) is 4.18. The molecule has 0 aliphatic carbocycles. The summed E-state index contributed by atoms with van der Waals surface area (Å²) in [6, 6.07) is 11.1. The van der Waals surface area contributed by atoms with E-state index in [-0.39, 0.29) is 5.91 Å². The average molecular weight is 385 g/mol. The van der Waals surface area contributed by atoms with Gasteiger partial charge >= 0.3 is 0 Å². The van der Waals surface area contributed by atoms with Crippen LogP contribution in [0.4, 0.5) is 0 Å². The SMILES string of the molecule is CCOc1ccc(C=CC(=O)N(C)Cc2ccc(OC)cc2OC)cc1OC. The highest BCUT2D eigenvalue weighted by molar-refractivity contribution is 5.91. The molecule has 1 amide bonds. The van der Waals surface area contributed by atoms with Gasteiger partial charge in [-0.05, 0) is 42.8 Å². The Morgan fingerprint density at radius 2 is 1.71 bits per heavy atom. The van der Waals surface area contributed by atoms with Gasteiger partial charge in [0.1, 0.15) is 11.5 Å². The van der Waals surface area contributed by atoms with E-state index in [0.29, 0.717) is 36.1 Å². The van der Waals surface area contributed by atoms with Crippen molar-refractivity contribution in [3.63, 3.8) is 0 Å². The van der Waals surface area contributed by atoms with E-state index < -0.39 is 0 Å². The minimum atomic E-state index is -0.120. The number of likely N-dealkylation sites (N-methyl/N-ethyl adjacent to an activating group) is 1. The van der Waals surface area contributed by atoms with Crippen molar-refractivity contribution in [2.45, 2.75) is 13.5 Å². The van der Waals surface area contributed by atoms with Crippen LogP contribution in [0.25, 0.3) is 6.08 Å². The fraction of sp³-hybridized carbons (Fsp3) is 0.318. The van der Waals surface area contributed by atoms with E-state index in [1.54, 1.807) is 45.4 Å². The number of nitrogens with zero attached hydrogens (tertiary/aromatic N) is 1. The fourth-order valence-corrected chi connectivity index (χ4v) is 2.67. The lowest BCUT2D eigenvalue weighted by Gasteiger charge is -2.18. The topological polar surface area (TPSA) is 57.2 Å². The Hall–Kier alpha value is -3.15. The van der Waals surface area contributed by atoms with Gasteiger partial charge < -0.3 is 23.8 Å². The van der Waals surface area contributed by atoms with Crippen LogP contribution in [0.15, 0.2) is 42.5 Å². The lowest BCUT2D eigenvalue weighted by Crippen LogP contribution is -2.24. The largest absolute Gasteiger partial charge is 0.497 e. The summed E-state index contributed by atoms with van der Waals surface area (Å²) in [5.41, 5.74) is 1.75. The first-order valence-electron chi connectivity index (χ1n) is 8.97. The van der Waals surface area contributed by atoms with E-state index in [2.05, 4.69) is 0 Å². The number of carbonyl (C=O) groups excluding carboxylic acids is 1. The second-order valence-electron chi connectivity index (χ2n) is 6.05. The van der Waals surface area contributed by atoms with Crippen LogP contribution in [0.5, 0.6) is 23.0 Å². The van der Waals surface area contributed by atoms with E-state index >= 15 is 0 Å². The molecule has 6 nitrogen and oxygen atoms in total. The Kier molecular flexibility index (Phi) is 7.75. The van der Waals surface area contributed by atoms with Gasteiger partial charge in [0, 0.05) is 31.3 Å². The van der Waals surface area contributed by atoms with E-state index in [9.17, 15) is 4.79 Å². The fourth-order valence-electron chi connectivity index (χ4n) is 2.67.